The second-order valence-corrected chi connectivity index (χ2v) is 6.05. The molecular formula is C13H13ClN2S. The summed E-state index contributed by atoms with van der Waals surface area (Å²) >= 11 is 7.59. The van der Waals surface area contributed by atoms with Gasteiger partial charge in [0.2, 0.25) is 0 Å². The predicted molar refractivity (Wildman–Crippen MR) is 73.4 cm³/mol. The molecule has 17 heavy (non-hydrogen) atoms. The summed E-state index contributed by atoms with van der Waals surface area (Å²) in [4.78, 5) is 5.29. The fraction of sp³-hybridized carbons (Fsp3) is 0.308. The van der Waals surface area contributed by atoms with Gasteiger partial charge in [-0.2, -0.15) is 0 Å². The number of hydrogen-bond donors (Lipinski definition) is 1. The van der Waals surface area contributed by atoms with Crippen LogP contribution in [0.3, 0.4) is 0 Å². The Hall–Kier alpha value is -0.770. The van der Waals surface area contributed by atoms with E-state index in [1.54, 1.807) is 11.9 Å². The van der Waals surface area contributed by atoms with Crippen LogP contribution in [0.15, 0.2) is 35.4 Å². The summed E-state index contributed by atoms with van der Waals surface area (Å²) in [6.45, 7) is 2.25. The van der Waals surface area contributed by atoms with Gasteiger partial charge in [-0.1, -0.05) is 17.7 Å². The molecule has 0 atom stereocenters. The number of nitrogens with zero attached hydrogens (tertiary/aromatic N) is 1. The fourth-order valence-electron chi connectivity index (χ4n) is 1.63. The Balaban J connectivity index is 1.85. The maximum atomic E-state index is 5.90. The van der Waals surface area contributed by atoms with Crippen molar-refractivity contribution in [2.75, 3.05) is 0 Å². The number of benzene rings is 1. The Labute approximate surface area is 110 Å². The molecule has 1 fully saturated rings. The zero-order chi connectivity index (χ0) is 11.9. The zero-order valence-corrected chi connectivity index (χ0v) is 11.1. The molecule has 1 heterocycles. The standard InChI is InChI=1S/C13H13ClN2S/c1-13(4-5-13)16-17-11-3-2-9-8-15-12(14)7-10(9)6-11/h2-3,6-8,16H,4-5H2,1H3. The molecule has 0 bridgehead atoms. The van der Waals surface area contributed by atoms with Gasteiger partial charge in [-0.15, -0.1) is 0 Å². The summed E-state index contributed by atoms with van der Waals surface area (Å²) in [5, 5.41) is 2.80. The highest BCUT2D eigenvalue weighted by Gasteiger charge is 2.36. The lowest BCUT2D eigenvalue weighted by atomic mass is 10.2. The van der Waals surface area contributed by atoms with E-state index < -0.39 is 0 Å². The highest BCUT2D eigenvalue weighted by Crippen LogP contribution is 2.37. The molecule has 0 aliphatic heterocycles. The molecule has 1 saturated carbocycles. The third-order valence-corrected chi connectivity index (χ3v) is 4.37. The molecular weight excluding hydrogens is 252 g/mol. The summed E-state index contributed by atoms with van der Waals surface area (Å²) in [5.41, 5.74) is 0.343. The van der Waals surface area contributed by atoms with Crippen molar-refractivity contribution >= 4 is 34.3 Å². The first-order valence-electron chi connectivity index (χ1n) is 5.64. The lowest BCUT2D eigenvalue weighted by Crippen LogP contribution is -2.19. The number of aromatic nitrogens is 1. The highest BCUT2D eigenvalue weighted by atomic mass is 35.5. The summed E-state index contributed by atoms with van der Waals surface area (Å²) < 4.78 is 3.50. The first-order chi connectivity index (χ1) is 8.15. The minimum absolute atomic E-state index is 0.343. The number of pyridine rings is 1. The molecule has 2 nitrogen and oxygen atoms in total. The minimum Gasteiger partial charge on any atom is -0.254 e. The number of nitrogens with one attached hydrogen (secondary N) is 1. The molecule has 1 aliphatic carbocycles. The van der Waals surface area contributed by atoms with Crippen molar-refractivity contribution in [2.45, 2.75) is 30.2 Å². The SMILES string of the molecule is CC1(NSc2ccc3cnc(Cl)cc3c2)CC1. The molecule has 0 saturated heterocycles. The fourth-order valence-corrected chi connectivity index (χ4v) is 2.68. The van der Waals surface area contributed by atoms with Crippen LogP contribution in [0.1, 0.15) is 19.8 Å². The molecule has 3 rings (SSSR count). The van der Waals surface area contributed by atoms with Crippen LogP contribution in [-0.4, -0.2) is 10.5 Å². The zero-order valence-electron chi connectivity index (χ0n) is 9.53. The maximum absolute atomic E-state index is 5.90. The van der Waals surface area contributed by atoms with Crippen LogP contribution in [0.2, 0.25) is 5.15 Å². The molecule has 0 amide bonds. The minimum atomic E-state index is 0.343. The monoisotopic (exact) mass is 264 g/mol. The van der Waals surface area contributed by atoms with Gasteiger partial charge < -0.3 is 0 Å². The normalized spacial score (nSPS) is 17.3. The van der Waals surface area contributed by atoms with E-state index in [0.717, 1.165) is 10.8 Å². The van der Waals surface area contributed by atoms with E-state index in [1.165, 1.54) is 17.7 Å². The van der Waals surface area contributed by atoms with Gasteiger partial charge in [-0.05, 0) is 55.3 Å². The van der Waals surface area contributed by atoms with Crippen molar-refractivity contribution in [2.24, 2.45) is 0 Å². The van der Waals surface area contributed by atoms with Crippen LogP contribution in [0, 0.1) is 0 Å². The number of hydrogen-bond acceptors (Lipinski definition) is 3. The van der Waals surface area contributed by atoms with Crippen molar-refractivity contribution in [3.63, 3.8) is 0 Å². The van der Waals surface area contributed by atoms with E-state index in [1.807, 2.05) is 12.3 Å². The second kappa shape index (κ2) is 4.16. The third kappa shape index (κ3) is 2.57. The first kappa shape index (κ1) is 11.3. The van der Waals surface area contributed by atoms with Crippen LogP contribution in [0.25, 0.3) is 10.8 Å². The van der Waals surface area contributed by atoms with Gasteiger partial charge >= 0.3 is 0 Å². The van der Waals surface area contributed by atoms with Crippen molar-refractivity contribution < 1.29 is 0 Å². The number of halogens is 1. The van der Waals surface area contributed by atoms with Gasteiger partial charge in [0.25, 0.3) is 0 Å². The largest absolute Gasteiger partial charge is 0.254 e. The Kier molecular flexibility index (Phi) is 2.77. The predicted octanol–water partition coefficient (Wildman–Crippen LogP) is 4.04. The lowest BCUT2D eigenvalue weighted by Gasteiger charge is -2.10. The van der Waals surface area contributed by atoms with E-state index in [0.29, 0.717) is 10.7 Å². The van der Waals surface area contributed by atoms with Crippen LogP contribution < -0.4 is 4.72 Å². The van der Waals surface area contributed by atoms with Crippen molar-refractivity contribution in [3.8, 4) is 0 Å². The third-order valence-electron chi connectivity index (χ3n) is 3.08. The van der Waals surface area contributed by atoms with E-state index >= 15 is 0 Å². The number of rotatable bonds is 3. The molecule has 2 aromatic rings. The average molecular weight is 265 g/mol. The van der Waals surface area contributed by atoms with E-state index in [2.05, 4.69) is 34.8 Å². The Morgan fingerprint density at radius 2 is 2.12 bits per heavy atom. The Morgan fingerprint density at radius 3 is 2.88 bits per heavy atom. The Bertz CT molecular complexity index is 566. The van der Waals surface area contributed by atoms with Gasteiger partial charge in [0.1, 0.15) is 5.15 Å². The van der Waals surface area contributed by atoms with Crippen molar-refractivity contribution in [1.82, 2.24) is 9.71 Å². The van der Waals surface area contributed by atoms with Crippen molar-refractivity contribution in [1.29, 1.82) is 0 Å². The summed E-state index contributed by atoms with van der Waals surface area (Å²) in [6, 6.07) is 8.24. The van der Waals surface area contributed by atoms with Crippen molar-refractivity contribution in [3.05, 3.63) is 35.6 Å². The maximum Gasteiger partial charge on any atom is 0.129 e. The summed E-state index contributed by atoms with van der Waals surface area (Å²) in [6.07, 6.45) is 4.34. The molecule has 0 spiro atoms. The molecule has 1 N–H and O–H groups in total. The Morgan fingerprint density at radius 1 is 1.29 bits per heavy atom. The smallest absolute Gasteiger partial charge is 0.129 e. The van der Waals surface area contributed by atoms with Gasteiger partial charge in [0.05, 0.1) is 0 Å². The van der Waals surface area contributed by atoms with Crippen LogP contribution in [0.5, 0.6) is 0 Å². The molecule has 0 radical (unpaired) electrons. The summed E-state index contributed by atoms with van der Waals surface area (Å²) in [5.74, 6) is 0. The molecule has 1 aliphatic rings. The first-order valence-corrected chi connectivity index (χ1v) is 6.83. The summed E-state index contributed by atoms with van der Waals surface area (Å²) in [7, 11) is 0. The van der Waals surface area contributed by atoms with Gasteiger partial charge in [0.15, 0.2) is 0 Å². The van der Waals surface area contributed by atoms with Crippen LogP contribution >= 0.6 is 23.5 Å². The lowest BCUT2D eigenvalue weighted by molar-refractivity contribution is 0.701. The van der Waals surface area contributed by atoms with E-state index in [-0.39, 0.29) is 0 Å². The average Bonchev–Trinajstić information content (AvgIpc) is 3.05. The van der Waals surface area contributed by atoms with E-state index in [9.17, 15) is 0 Å². The molecule has 1 aromatic heterocycles. The molecule has 4 heteroatoms. The van der Waals surface area contributed by atoms with Gasteiger partial charge in [-0.3, -0.25) is 4.72 Å². The molecule has 88 valence electrons. The topological polar surface area (TPSA) is 24.9 Å². The van der Waals surface area contributed by atoms with Crippen LogP contribution in [-0.2, 0) is 0 Å². The van der Waals surface area contributed by atoms with E-state index in [4.69, 9.17) is 11.6 Å². The molecule has 1 aromatic carbocycles. The van der Waals surface area contributed by atoms with Gasteiger partial charge in [0, 0.05) is 22.0 Å². The highest BCUT2D eigenvalue weighted by molar-refractivity contribution is 7.97. The van der Waals surface area contributed by atoms with Crippen LogP contribution in [0.4, 0.5) is 0 Å². The quantitative estimate of drug-likeness (QED) is 0.669. The van der Waals surface area contributed by atoms with Gasteiger partial charge in [-0.25, -0.2) is 4.98 Å². The number of fused-ring (bicyclic) bond motifs is 1. The molecule has 0 unspecified atom stereocenters. The second-order valence-electron chi connectivity index (χ2n) is 4.78.